The van der Waals surface area contributed by atoms with E-state index < -0.39 is 9.84 Å². The third-order valence-electron chi connectivity index (χ3n) is 3.77. The minimum absolute atomic E-state index is 0.0459. The van der Waals surface area contributed by atoms with Crippen LogP contribution in [0, 0.1) is 0 Å². The van der Waals surface area contributed by atoms with Crippen LogP contribution in [0.25, 0.3) is 0 Å². The van der Waals surface area contributed by atoms with E-state index in [1.54, 1.807) is 30.0 Å². The number of halogens is 2. The van der Waals surface area contributed by atoms with Crippen LogP contribution in [0.5, 0.6) is 0 Å². The molecule has 1 aromatic carbocycles. The van der Waals surface area contributed by atoms with Gasteiger partial charge in [-0.3, -0.25) is 4.79 Å². The molecule has 2 fully saturated rings. The number of rotatable bonds is 2. The summed E-state index contributed by atoms with van der Waals surface area (Å²) >= 11 is 13.4. The second kappa shape index (κ2) is 6.27. The van der Waals surface area contributed by atoms with Crippen molar-refractivity contribution in [3.8, 4) is 0 Å². The van der Waals surface area contributed by atoms with Crippen molar-refractivity contribution in [2.24, 2.45) is 4.99 Å². The Kier molecular flexibility index (Phi) is 4.66. The molecule has 23 heavy (non-hydrogen) atoms. The van der Waals surface area contributed by atoms with Crippen molar-refractivity contribution in [1.29, 1.82) is 0 Å². The molecule has 1 amide bonds. The Labute approximate surface area is 149 Å². The summed E-state index contributed by atoms with van der Waals surface area (Å²) in [7, 11) is -3.08. The van der Waals surface area contributed by atoms with Gasteiger partial charge in [0.2, 0.25) is 5.91 Å². The Morgan fingerprint density at radius 3 is 2.74 bits per heavy atom. The lowest BCUT2D eigenvalue weighted by Crippen LogP contribution is -2.37. The lowest BCUT2D eigenvalue weighted by molar-refractivity contribution is -0.117. The van der Waals surface area contributed by atoms with Crippen LogP contribution in [0.2, 0.25) is 10.0 Å². The van der Waals surface area contributed by atoms with Gasteiger partial charge in [-0.1, -0.05) is 41.9 Å². The molecule has 3 rings (SSSR count). The van der Waals surface area contributed by atoms with E-state index in [0.29, 0.717) is 27.3 Å². The quantitative estimate of drug-likeness (QED) is 0.773. The van der Waals surface area contributed by atoms with Gasteiger partial charge < -0.3 is 4.90 Å². The van der Waals surface area contributed by atoms with E-state index in [-0.39, 0.29) is 28.7 Å². The molecule has 1 aromatic rings. The van der Waals surface area contributed by atoms with Gasteiger partial charge in [-0.25, -0.2) is 8.42 Å². The van der Waals surface area contributed by atoms with Crippen LogP contribution in [0.4, 0.5) is 5.69 Å². The largest absolute Gasteiger partial charge is 0.316 e. The topological polar surface area (TPSA) is 66.8 Å². The number of benzene rings is 1. The van der Waals surface area contributed by atoms with Crippen molar-refractivity contribution in [3.05, 3.63) is 28.2 Å². The summed E-state index contributed by atoms with van der Waals surface area (Å²) in [6.45, 7) is 1.74. The number of hydrogen-bond acceptors (Lipinski definition) is 4. The van der Waals surface area contributed by atoms with Crippen LogP contribution in [0.1, 0.15) is 13.3 Å². The van der Waals surface area contributed by atoms with Crippen molar-refractivity contribution in [2.75, 3.05) is 16.4 Å². The number of aliphatic imine (C=N–C) groups is 1. The molecule has 0 saturated carbocycles. The normalized spacial score (nSPS) is 27.4. The smallest absolute Gasteiger partial charge is 0.247 e. The molecule has 5 nitrogen and oxygen atoms in total. The Morgan fingerprint density at radius 1 is 1.35 bits per heavy atom. The van der Waals surface area contributed by atoms with Gasteiger partial charge in [0.1, 0.15) is 0 Å². The summed E-state index contributed by atoms with van der Waals surface area (Å²) in [5, 5.41) is 1.19. The maximum Gasteiger partial charge on any atom is 0.247 e. The first-order valence-electron chi connectivity index (χ1n) is 7.03. The number of carbonyl (C=O) groups is 1. The SMILES string of the molecule is CCC(=O)N=C1S[C@@H]2CS(=O)(=O)C[C@H]2N1c1ccc(Cl)c(Cl)c1. The van der Waals surface area contributed by atoms with Crippen molar-refractivity contribution in [1.82, 2.24) is 0 Å². The number of sulfone groups is 1. The van der Waals surface area contributed by atoms with Crippen LogP contribution in [0.3, 0.4) is 0 Å². The second-order valence-electron chi connectivity index (χ2n) is 5.41. The maximum atomic E-state index is 11.9. The van der Waals surface area contributed by atoms with Gasteiger partial charge in [0, 0.05) is 17.4 Å². The molecule has 0 aliphatic carbocycles. The molecule has 124 valence electrons. The van der Waals surface area contributed by atoms with E-state index in [2.05, 4.69) is 4.99 Å². The fourth-order valence-electron chi connectivity index (χ4n) is 2.69. The van der Waals surface area contributed by atoms with Crippen molar-refractivity contribution in [2.45, 2.75) is 24.6 Å². The predicted octanol–water partition coefficient (Wildman–Crippen LogP) is 3.00. The van der Waals surface area contributed by atoms with E-state index >= 15 is 0 Å². The van der Waals surface area contributed by atoms with Gasteiger partial charge in [0.15, 0.2) is 15.0 Å². The highest BCUT2D eigenvalue weighted by Crippen LogP contribution is 2.42. The van der Waals surface area contributed by atoms with Gasteiger partial charge in [0.05, 0.1) is 27.6 Å². The second-order valence-corrected chi connectivity index (χ2v) is 9.59. The van der Waals surface area contributed by atoms with Gasteiger partial charge in [-0.05, 0) is 18.2 Å². The van der Waals surface area contributed by atoms with Crippen LogP contribution in [-0.4, -0.2) is 42.3 Å². The van der Waals surface area contributed by atoms with Crippen LogP contribution < -0.4 is 4.90 Å². The predicted molar refractivity (Wildman–Crippen MR) is 95.5 cm³/mol. The zero-order valence-electron chi connectivity index (χ0n) is 12.2. The molecular formula is C14H14Cl2N2O3S2. The zero-order chi connectivity index (χ0) is 16.8. The van der Waals surface area contributed by atoms with Crippen molar-refractivity contribution >= 4 is 61.6 Å². The standard InChI is InChI=1S/C14H14Cl2N2O3S2/c1-2-13(19)17-14-18(8-3-4-9(15)10(16)5-8)11-6-23(20,21)7-12(11)22-14/h3-5,11-12H,2,6-7H2,1H3/t11-,12-/m1/s1. The number of amidine groups is 1. The molecule has 2 aliphatic rings. The number of hydrogen-bond donors (Lipinski definition) is 0. The lowest BCUT2D eigenvalue weighted by atomic mass is 10.2. The Hall–Kier alpha value is -0.760. The monoisotopic (exact) mass is 392 g/mol. The zero-order valence-corrected chi connectivity index (χ0v) is 15.3. The van der Waals surface area contributed by atoms with Gasteiger partial charge in [-0.15, -0.1) is 0 Å². The molecular weight excluding hydrogens is 379 g/mol. The van der Waals surface area contributed by atoms with Gasteiger partial charge in [0.25, 0.3) is 0 Å². The Bertz CT molecular complexity index is 795. The first-order chi connectivity index (χ1) is 10.8. The van der Waals surface area contributed by atoms with Gasteiger partial charge >= 0.3 is 0 Å². The molecule has 2 aliphatic heterocycles. The molecule has 0 spiro atoms. The molecule has 0 bridgehead atoms. The third-order valence-corrected chi connectivity index (χ3v) is 7.72. The minimum atomic E-state index is -3.08. The van der Waals surface area contributed by atoms with Crippen LogP contribution in [0.15, 0.2) is 23.2 Å². The summed E-state index contributed by atoms with van der Waals surface area (Å²) in [5.41, 5.74) is 0.694. The fourth-order valence-corrected chi connectivity index (χ4v) is 6.91. The van der Waals surface area contributed by atoms with Crippen molar-refractivity contribution in [3.63, 3.8) is 0 Å². The average Bonchev–Trinajstić information content (AvgIpc) is 2.93. The lowest BCUT2D eigenvalue weighted by Gasteiger charge is -2.24. The van der Waals surface area contributed by atoms with Crippen molar-refractivity contribution < 1.29 is 13.2 Å². The first-order valence-corrected chi connectivity index (χ1v) is 10.5. The minimum Gasteiger partial charge on any atom is -0.316 e. The van der Waals surface area contributed by atoms with Gasteiger partial charge in [-0.2, -0.15) is 4.99 Å². The summed E-state index contributed by atoms with van der Waals surface area (Å²) in [5.74, 6) is -0.0932. The van der Waals surface area contributed by atoms with E-state index in [4.69, 9.17) is 23.2 Å². The van der Waals surface area contributed by atoms with E-state index in [1.165, 1.54) is 11.8 Å². The first kappa shape index (κ1) is 17.1. The number of amides is 1. The summed E-state index contributed by atoms with van der Waals surface area (Å²) in [6.07, 6.45) is 0.299. The molecule has 2 atom stereocenters. The Morgan fingerprint density at radius 2 is 2.09 bits per heavy atom. The highest BCUT2D eigenvalue weighted by Gasteiger charge is 2.49. The summed E-state index contributed by atoms with van der Waals surface area (Å²) in [6, 6.07) is 4.84. The third kappa shape index (κ3) is 3.38. The number of carbonyl (C=O) groups excluding carboxylic acids is 1. The van der Waals surface area contributed by atoms with E-state index in [1.807, 2.05) is 0 Å². The molecule has 2 saturated heterocycles. The summed E-state index contributed by atoms with van der Waals surface area (Å²) in [4.78, 5) is 17.7. The Balaban J connectivity index is 2.04. The highest BCUT2D eigenvalue weighted by atomic mass is 35.5. The average molecular weight is 393 g/mol. The number of nitrogens with zero attached hydrogens (tertiary/aromatic N) is 2. The van der Waals surface area contributed by atoms with E-state index in [9.17, 15) is 13.2 Å². The number of thioether (sulfide) groups is 1. The summed E-state index contributed by atoms with van der Waals surface area (Å²) < 4.78 is 23.9. The highest BCUT2D eigenvalue weighted by molar-refractivity contribution is 8.16. The molecule has 0 unspecified atom stereocenters. The molecule has 2 heterocycles. The van der Waals surface area contributed by atoms with Crippen LogP contribution >= 0.6 is 35.0 Å². The van der Waals surface area contributed by atoms with Crippen LogP contribution in [-0.2, 0) is 14.6 Å². The fraction of sp³-hybridized carbons (Fsp3) is 0.429. The molecule has 0 N–H and O–H groups in total. The van der Waals surface area contributed by atoms with E-state index in [0.717, 1.165) is 0 Å². The number of anilines is 1. The molecule has 0 aromatic heterocycles. The number of fused-ring (bicyclic) bond motifs is 1. The molecule has 0 radical (unpaired) electrons. The maximum absolute atomic E-state index is 11.9. The molecule has 9 heteroatoms.